The molecule has 1 aromatic carbocycles. The number of carbonyl (C=O) groups excluding carboxylic acids is 2. The second kappa shape index (κ2) is 7.19. The first-order valence-electron chi connectivity index (χ1n) is 7.50. The fourth-order valence-corrected chi connectivity index (χ4v) is 3.44. The van der Waals surface area contributed by atoms with E-state index in [-0.39, 0.29) is 18.4 Å². The average molecular weight is 327 g/mol. The second-order valence-electron chi connectivity index (χ2n) is 5.25. The van der Waals surface area contributed by atoms with E-state index in [0.29, 0.717) is 5.13 Å². The van der Waals surface area contributed by atoms with Crippen LogP contribution in [0, 0.1) is 0 Å². The van der Waals surface area contributed by atoms with Crippen molar-refractivity contribution in [3.8, 4) is 0 Å². The highest BCUT2D eigenvalue weighted by molar-refractivity contribution is 7.15. The van der Waals surface area contributed by atoms with Gasteiger partial charge in [0.25, 0.3) is 0 Å². The standard InChI is InChI=1S/C17H17N3O2S/c21-15(10-9-12-5-2-1-3-6-12)18-11-16(22)20-17-19-13-7-4-8-14(13)23-17/h1-3,5-6,9-10H,4,7-8,11H2,(H,18,21)(H,19,20,22). The molecule has 0 fully saturated rings. The van der Waals surface area contributed by atoms with Crippen molar-refractivity contribution >= 4 is 34.4 Å². The number of rotatable bonds is 5. The van der Waals surface area contributed by atoms with Gasteiger partial charge in [-0.05, 0) is 30.9 Å². The maximum atomic E-state index is 11.8. The predicted octanol–water partition coefficient (Wildman–Crippen LogP) is 2.40. The van der Waals surface area contributed by atoms with Crippen LogP contribution in [0.15, 0.2) is 36.4 Å². The fourth-order valence-electron chi connectivity index (χ4n) is 2.37. The van der Waals surface area contributed by atoms with Gasteiger partial charge in [0.05, 0.1) is 12.2 Å². The number of benzene rings is 1. The molecule has 0 saturated carbocycles. The Labute approximate surface area is 138 Å². The van der Waals surface area contributed by atoms with E-state index in [2.05, 4.69) is 15.6 Å². The smallest absolute Gasteiger partial charge is 0.245 e. The highest BCUT2D eigenvalue weighted by Crippen LogP contribution is 2.30. The van der Waals surface area contributed by atoms with Gasteiger partial charge >= 0.3 is 0 Å². The molecule has 0 aliphatic heterocycles. The van der Waals surface area contributed by atoms with Crippen LogP contribution in [-0.4, -0.2) is 23.3 Å². The number of aryl methyl sites for hydroxylation is 2. The van der Waals surface area contributed by atoms with Gasteiger partial charge in [0, 0.05) is 11.0 Å². The van der Waals surface area contributed by atoms with Crippen LogP contribution in [0.4, 0.5) is 5.13 Å². The van der Waals surface area contributed by atoms with E-state index in [0.717, 1.165) is 30.5 Å². The number of nitrogens with zero attached hydrogens (tertiary/aromatic N) is 1. The van der Waals surface area contributed by atoms with Crippen LogP contribution in [0.3, 0.4) is 0 Å². The van der Waals surface area contributed by atoms with Crippen molar-refractivity contribution in [3.63, 3.8) is 0 Å². The van der Waals surface area contributed by atoms with E-state index in [4.69, 9.17) is 0 Å². The molecule has 2 aromatic rings. The number of hydrogen-bond acceptors (Lipinski definition) is 4. The molecule has 0 bridgehead atoms. The lowest BCUT2D eigenvalue weighted by molar-refractivity contribution is -0.121. The number of nitrogens with one attached hydrogen (secondary N) is 2. The molecule has 0 atom stereocenters. The number of anilines is 1. The first kappa shape index (κ1) is 15.4. The Morgan fingerprint density at radius 2 is 2.04 bits per heavy atom. The van der Waals surface area contributed by atoms with E-state index in [1.54, 1.807) is 6.08 Å². The summed E-state index contributed by atoms with van der Waals surface area (Å²) in [5, 5.41) is 5.91. The maximum Gasteiger partial charge on any atom is 0.245 e. The summed E-state index contributed by atoms with van der Waals surface area (Å²) in [5.74, 6) is -0.565. The van der Waals surface area contributed by atoms with Crippen LogP contribution in [-0.2, 0) is 22.4 Å². The van der Waals surface area contributed by atoms with Crippen molar-refractivity contribution in [3.05, 3.63) is 52.5 Å². The van der Waals surface area contributed by atoms with Crippen LogP contribution < -0.4 is 10.6 Å². The minimum atomic E-state index is -0.300. The fraction of sp³-hybridized carbons (Fsp3) is 0.235. The SMILES string of the molecule is O=C(C=Cc1ccccc1)NCC(=O)Nc1nc2c(s1)CCC2. The van der Waals surface area contributed by atoms with E-state index in [9.17, 15) is 9.59 Å². The normalized spacial score (nSPS) is 13.0. The first-order chi connectivity index (χ1) is 11.2. The predicted molar refractivity (Wildman–Crippen MR) is 91.3 cm³/mol. The summed E-state index contributed by atoms with van der Waals surface area (Å²) in [6.45, 7) is -0.0673. The average Bonchev–Trinajstić information content (AvgIpc) is 3.13. The topological polar surface area (TPSA) is 71.1 Å². The molecular formula is C17H17N3O2S. The van der Waals surface area contributed by atoms with E-state index < -0.39 is 0 Å². The van der Waals surface area contributed by atoms with Crippen LogP contribution in [0.25, 0.3) is 6.08 Å². The molecule has 0 spiro atoms. The highest BCUT2D eigenvalue weighted by Gasteiger charge is 2.17. The maximum absolute atomic E-state index is 11.8. The molecule has 6 heteroatoms. The van der Waals surface area contributed by atoms with E-state index in [1.165, 1.54) is 22.3 Å². The highest BCUT2D eigenvalue weighted by atomic mass is 32.1. The van der Waals surface area contributed by atoms with Crippen LogP contribution in [0.5, 0.6) is 0 Å². The molecule has 2 N–H and O–H groups in total. The zero-order chi connectivity index (χ0) is 16.1. The van der Waals surface area contributed by atoms with Gasteiger partial charge in [-0.15, -0.1) is 11.3 Å². The van der Waals surface area contributed by atoms with Gasteiger partial charge in [-0.2, -0.15) is 0 Å². The minimum absolute atomic E-state index is 0.0673. The Bertz CT molecular complexity index is 716. The molecule has 118 valence electrons. The molecule has 1 aliphatic rings. The van der Waals surface area contributed by atoms with Crippen molar-refractivity contribution in [2.75, 3.05) is 11.9 Å². The monoisotopic (exact) mass is 327 g/mol. The molecule has 23 heavy (non-hydrogen) atoms. The van der Waals surface area contributed by atoms with E-state index >= 15 is 0 Å². The second-order valence-corrected chi connectivity index (χ2v) is 6.34. The quantitative estimate of drug-likeness (QED) is 0.829. The lowest BCUT2D eigenvalue weighted by Crippen LogP contribution is -2.31. The van der Waals surface area contributed by atoms with Crippen molar-refractivity contribution in [2.24, 2.45) is 0 Å². The third-order valence-electron chi connectivity index (χ3n) is 3.49. The van der Waals surface area contributed by atoms with Crippen molar-refractivity contribution in [2.45, 2.75) is 19.3 Å². The van der Waals surface area contributed by atoms with Crippen LogP contribution >= 0.6 is 11.3 Å². The van der Waals surface area contributed by atoms with Crippen LogP contribution in [0.2, 0.25) is 0 Å². The first-order valence-corrected chi connectivity index (χ1v) is 8.32. The molecule has 1 aromatic heterocycles. The zero-order valence-corrected chi connectivity index (χ0v) is 13.4. The Morgan fingerprint density at radius 1 is 1.22 bits per heavy atom. The van der Waals surface area contributed by atoms with Crippen molar-refractivity contribution in [1.29, 1.82) is 0 Å². The number of hydrogen-bond donors (Lipinski definition) is 2. The summed E-state index contributed by atoms with van der Waals surface area (Å²) < 4.78 is 0. The summed E-state index contributed by atoms with van der Waals surface area (Å²) in [7, 11) is 0. The summed E-state index contributed by atoms with van der Waals surface area (Å²) in [6, 6.07) is 9.51. The molecule has 0 radical (unpaired) electrons. The third-order valence-corrected chi connectivity index (χ3v) is 4.56. The Balaban J connectivity index is 1.45. The lowest BCUT2D eigenvalue weighted by atomic mass is 10.2. The summed E-state index contributed by atoms with van der Waals surface area (Å²) in [4.78, 5) is 29.2. The Hall–Kier alpha value is -2.47. The van der Waals surface area contributed by atoms with Gasteiger partial charge < -0.3 is 10.6 Å². The summed E-state index contributed by atoms with van der Waals surface area (Å²) in [5.41, 5.74) is 2.03. The Kier molecular flexibility index (Phi) is 4.83. The van der Waals surface area contributed by atoms with Crippen molar-refractivity contribution < 1.29 is 9.59 Å². The van der Waals surface area contributed by atoms with Crippen LogP contribution in [0.1, 0.15) is 22.6 Å². The minimum Gasteiger partial charge on any atom is -0.343 e. The number of carbonyl (C=O) groups is 2. The number of thiazole rings is 1. The van der Waals surface area contributed by atoms with Gasteiger partial charge in [0.1, 0.15) is 0 Å². The third kappa shape index (κ3) is 4.26. The zero-order valence-electron chi connectivity index (χ0n) is 12.5. The van der Waals surface area contributed by atoms with Gasteiger partial charge in [-0.25, -0.2) is 4.98 Å². The van der Waals surface area contributed by atoms with E-state index in [1.807, 2.05) is 30.3 Å². The molecule has 3 rings (SSSR count). The summed E-state index contributed by atoms with van der Waals surface area (Å²) >= 11 is 1.52. The van der Waals surface area contributed by atoms with Gasteiger partial charge in [0.15, 0.2) is 5.13 Å². The summed E-state index contributed by atoms with van der Waals surface area (Å²) in [6.07, 6.45) is 6.30. The van der Waals surface area contributed by atoms with Gasteiger partial charge in [-0.3, -0.25) is 9.59 Å². The van der Waals surface area contributed by atoms with Crippen molar-refractivity contribution in [1.82, 2.24) is 10.3 Å². The molecule has 2 amide bonds. The number of amides is 2. The molecule has 0 saturated heterocycles. The molecule has 5 nitrogen and oxygen atoms in total. The Morgan fingerprint density at radius 3 is 2.83 bits per heavy atom. The molecule has 1 aliphatic carbocycles. The molecule has 0 unspecified atom stereocenters. The molecular weight excluding hydrogens is 310 g/mol. The molecule has 1 heterocycles. The van der Waals surface area contributed by atoms with Gasteiger partial charge in [0.2, 0.25) is 11.8 Å². The number of aromatic nitrogens is 1. The number of fused-ring (bicyclic) bond motifs is 1. The largest absolute Gasteiger partial charge is 0.343 e. The lowest BCUT2D eigenvalue weighted by Gasteiger charge is -2.02. The van der Waals surface area contributed by atoms with Gasteiger partial charge in [-0.1, -0.05) is 30.3 Å².